The molecule has 7 nitrogen and oxygen atoms in total. The molecule has 2 aromatic carbocycles. The number of nitrogens with zero attached hydrogens (tertiary/aromatic N) is 2. The second kappa shape index (κ2) is 10.1. The normalized spacial score (nSPS) is 15.1. The van der Waals surface area contributed by atoms with E-state index in [0.717, 1.165) is 11.3 Å². The van der Waals surface area contributed by atoms with Crippen LogP contribution in [-0.2, 0) is 19.6 Å². The summed E-state index contributed by atoms with van der Waals surface area (Å²) >= 11 is 0. The van der Waals surface area contributed by atoms with E-state index in [1.165, 1.54) is 4.31 Å². The zero-order valence-corrected chi connectivity index (χ0v) is 18.8. The standard InChI is InChI=1S/C23H29N3O4S/c1-18(2)20-10-6-7-11-21(20)24-22(27)12-13-23(28)25-14-16-26(17-15-25)31(29,30)19-8-4-3-5-9-19/h3-11,18H,12-17H2,1-2H3,(H,24,27). The van der Waals surface area contributed by atoms with Crippen molar-refractivity contribution in [2.24, 2.45) is 0 Å². The van der Waals surface area contributed by atoms with Gasteiger partial charge < -0.3 is 10.2 Å². The van der Waals surface area contributed by atoms with Gasteiger partial charge in [0.2, 0.25) is 21.8 Å². The molecule has 0 bridgehead atoms. The molecule has 0 aromatic heterocycles. The largest absolute Gasteiger partial charge is 0.340 e. The summed E-state index contributed by atoms with van der Waals surface area (Å²) < 4.78 is 26.8. The van der Waals surface area contributed by atoms with E-state index >= 15 is 0 Å². The average Bonchev–Trinajstić information content (AvgIpc) is 2.78. The van der Waals surface area contributed by atoms with Gasteiger partial charge >= 0.3 is 0 Å². The number of benzene rings is 2. The Balaban J connectivity index is 1.49. The number of nitrogens with one attached hydrogen (secondary N) is 1. The van der Waals surface area contributed by atoms with Crippen LogP contribution in [0.5, 0.6) is 0 Å². The fourth-order valence-corrected chi connectivity index (χ4v) is 5.07. The van der Waals surface area contributed by atoms with Crippen molar-refractivity contribution in [2.75, 3.05) is 31.5 Å². The van der Waals surface area contributed by atoms with Crippen LogP contribution in [-0.4, -0.2) is 55.6 Å². The van der Waals surface area contributed by atoms with E-state index in [2.05, 4.69) is 19.2 Å². The van der Waals surface area contributed by atoms with Gasteiger partial charge in [0.05, 0.1) is 4.90 Å². The second-order valence-electron chi connectivity index (χ2n) is 7.89. The van der Waals surface area contributed by atoms with Crippen LogP contribution in [0, 0.1) is 0 Å². The van der Waals surface area contributed by atoms with Gasteiger partial charge in [0.15, 0.2) is 0 Å². The van der Waals surface area contributed by atoms with Gasteiger partial charge in [-0.3, -0.25) is 9.59 Å². The quantitative estimate of drug-likeness (QED) is 0.713. The Bertz CT molecular complexity index is 1010. The number of hydrogen-bond donors (Lipinski definition) is 1. The third-order valence-corrected chi connectivity index (χ3v) is 7.31. The lowest BCUT2D eigenvalue weighted by atomic mass is 10.0. The van der Waals surface area contributed by atoms with Crippen LogP contribution in [0.2, 0.25) is 0 Å². The molecule has 0 atom stereocenters. The lowest BCUT2D eigenvalue weighted by Crippen LogP contribution is -2.50. The van der Waals surface area contributed by atoms with Crippen LogP contribution < -0.4 is 5.32 Å². The van der Waals surface area contributed by atoms with Gasteiger partial charge in [0, 0.05) is 44.7 Å². The predicted molar refractivity (Wildman–Crippen MR) is 120 cm³/mol. The van der Waals surface area contributed by atoms with Gasteiger partial charge in [-0.05, 0) is 29.7 Å². The zero-order valence-electron chi connectivity index (χ0n) is 18.0. The van der Waals surface area contributed by atoms with E-state index in [4.69, 9.17) is 0 Å². The smallest absolute Gasteiger partial charge is 0.243 e. The van der Waals surface area contributed by atoms with Gasteiger partial charge in [-0.2, -0.15) is 4.31 Å². The Morgan fingerprint density at radius 1 is 0.903 bits per heavy atom. The second-order valence-corrected chi connectivity index (χ2v) is 9.83. The van der Waals surface area contributed by atoms with E-state index in [1.807, 2.05) is 24.3 Å². The summed E-state index contributed by atoms with van der Waals surface area (Å²) in [6.07, 6.45) is 0.189. The third kappa shape index (κ3) is 5.71. The number of amides is 2. The van der Waals surface area contributed by atoms with Crippen molar-refractivity contribution in [3.63, 3.8) is 0 Å². The van der Waals surface area contributed by atoms with Crippen LogP contribution >= 0.6 is 0 Å². The van der Waals surface area contributed by atoms with E-state index in [0.29, 0.717) is 13.1 Å². The minimum atomic E-state index is -3.55. The van der Waals surface area contributed by atoms with Crippen molar-refractivity contribution in [1.82, 2.24) is 9.21 Å². The molecule has 1 N–H and O–H groups in total. The van der Waals surface area contributed by atoms with E-state index < -0.39 is 10.0 Å². The SMILES string of the molecule is CC(C)c1ccccc1NC(=O)CCC(=O)N1CCN(S(=O)(=O)c2ccccc2)CC1. The third-order valence-electron chi connectivity index (χ3n) is 5.40. The lowest BCUT2D eigenvalue weighted by molar-refractivity contribution is -0.133. The molecule has 3 rings (SSSR count). The summed E-state index contributed by atoms with van der Waals surface area (Å²) in [5.74, 6) is -0.0580. The van der Waals surface area contributed by atoms with Crippen LogP contribution in [0.1, 0.15) is 38.2 Å². The van der Waals surface area contributed by atoms with Crippen molar-refractivity contribution >= 4 is 27.5 Å². The van der Waals surface area contributed by atoms with Gasteiger partial charge in [0.1, 0.15) is 0 Å². The Labute approximate surface area is 184 Å². The molecular formula is C23H29N3O4S. The van der Waals surface area contributed by atoms with Crippen LogP contribution in [0.25, 0.3) is 0 Å². The summed E-state index contributed by atoms with van der Waals surface area (Å²) in [7, 11) is -3.55. The molecule has 166 valence electrons. The van der Waals surface area contributed by atoms with Crippen LogP contribution in [0.15, 0.2) is 59.5 Å². The zero-order chi connectivity index (χ0) is 22.4. The fraction of sp³-hybridized carbons (Fsp3) is 0.391. The average molecular weight is 444 g/mol. The molecule has 31 heavy (non-hydrogen) atoms. The minimum Gasteiger partial charge on any atom is -0.340 e. The van der Waals surface area contributed by atoms with Gasteiger partial charge in [0.25, 0.3) is 0 Å². The molecule has 1 saturated heterocycles. The highest BCUT2D eigenvalue weighted by Gasteiger charge is 2.30. The van der Waals surface area contributed by atoms with E-state index in [1.54, 1.807) is 35.2 Å². The first-order chi connectivity index (χ1) is 14.8. The topological polar surface area (TPSA) is 86.8 Å². The number of hydrogen-bond acceptors (Lipinski definition) is 4. The molecule has 0 spiro atoms. The molecule has 2 aromatic rings. The molecule has 1 fully saturated rings. The first-order valence-corrected chi connectivity index (χ1v) is 11.9. The predicted octanol–water partition coefficient (Wildman–Crippen LogP) is 3.06. The summed E-state index contributed by atoms with van der Waals surface area (Å²) in [5, 5.41) is 2.90. The molecular weight excluding hydrogens is 414 g/mol. The number of carbonyl (C=O) groups excluding carboxylic acids is 2. The fourth-order valence-electron chi connectivity index (χ4n) is 3.62. The first-order valence-electron chi connectivity index (χ1n) is 10.5. The van der Waals surface area contributed by atoms with Crippen molar-refractivity contribution < 1.29 is 18.0 Å². The number of piperazine rings is 1. The Hall–Kier alpha value is -2.71. The monoisotopic (exact) mass is 443 g/mol. The van der Waals surface area contributed by atoms with E-state index in [9.17, 15) is 18.0 Å². The van der Waals surface area contributed by atoms with Crippen molar-refractivity contribution in [3.05, 3.63) is 60.2 Å². The molecule has 0 aliphatic carbocycles. The number of rotatable bonds is 7. The maximum Gasteiger partial charge on any atom is 0.243 e. The highest BCUT2D eigenvalue weighted by atomic mass is 32.2. The summed E-state index contributed by atoms with van der Waals surface area (Å²) in [6, 6.07) is 15.9. The lowest BCUT2D eigenvalue weighted by Gasteiger charge is -2.34. The maximum absolute atomic E-state index is 12.7. The molecule has 0 unspecified atom stereocenters. The Morgan fingerprint density at radius 3 is 2.16 bits per heavy atom. The molecule has 2 amide bonds. The highest BCUT2D eigenvalue weighted by molar-refractivity contribution is 7.89. The molecule has 0 radical (unpaired) electrons. The maximum atomic E-state index is 12.7. The Morgan fingerprint density at radius 2 is 1.52 bits per heavy atom. The molecule has 0 saturated carbocycles. The summed E-state index contributed by atoms with van der Waals surface area (Å²) in [4.78, 5) is 26.8. The van der Waals surface area contributed by atoms with Crippen LogP contribution in [0.3, 0.4) is 0 Å². The molecule has 8 heteroatoms. The van der Waals surface area contributed by atoms with Crippen molar-refractivity contribution in [1.29, 1.82) is 0 Å². The van der Waals surface area contributed by atoms with Crippen molar-refractivity contribution in [2.45, 2.75) is 37.5 Å². The molecule has 1 aliphatic rings. The number of anilines is 1. The number of carbonyl (C=O) groups is 2. The summed E-state index contributed by atoms with van der Waals surface area (Å²) in [5.41, 5.74) is 1.83. The van der Waals surface area contributed by atoms with Gasteiger partial charge in [-0.25, -0.2) is 8.42 Å². The van der Waals surface area contributed by atoms with Crippen LogP contribution in [0.4, 0.5) is 5.69 Å². The molecule has 1 aliphatic heterocycles. The molecule has 1 heterocycles. The highest BCUT2D eigenvalue weighted by Crippen LogP contribution is 2.24. The van der Waals surface area contributed by atoms with Crippen molar-refractivity contribution in [3.8, 4) is 0 Å². The number of para-hydroxylation sites is 1. The van der Waals surface area contributed by atoms with E-state index in [-0.39, 0.29) is 48.6 Å². The first kappa shape index (κ1) is 23.0. The van der Waals surface area contributed by atoms with Gasteiger partial charge in [-0.1, -0.05) is 50.2 Å². The summed E-state index contributed by atoms with van der Waals surface area (Å²) in [6.45, 7) is 5.26. The Kier molecular flexibility index (Phi) is 7.46. The van der Waals surface area contributed by atoms with Gasteiger partial charge in [-0.15, -0.1) is 0 Å². The number of sulfonamides is 1. The minimum absolute atomic E-state index is 0.0911.